The molecule has 4 aromatic rings. The van der Waals surface area contributed by atoms with Gasteiger partial charge in [0.2, 0.25) is 0 Å². The van der Waals surface area contributed by atoms with Crippen LogP contribution in [0.1, 0.15) is 41.2 Å². The molecule has 2 N–H and O–H groups in total. The number of rotatable bonds is 5. The first kappa shape index (κ1) is 18.7. The number of carbonyl (C=O) groups is 1. The molecule has 0 bridgehead atoms. The van der Waals surface area contributed by atoms with Gasteiger partial charge in [-0.3, -0.25) is 5.43 Å². The summed E-state index contributed by atoms with van der Waals surface area (Å²) in [4.78, 5) is 24.0. The molecule has 3 heterocycles. The number of benzene rings is 1. The van der Waals surface area contributed by atoms with Crippen molar-refractivity contribution in [2.45, 2.75) is 27.7 Å². The van der Waals surface area contributed by atoms with Gasteiger partial charge in [0.15, 0.2) is 11.4 Å². The molecular formula is C21H21N5O3. The van der Waals surface area contributed by atoms with E-state index in [1.54, 1.807) is 6.92 Å². The highest BCUT2D eigenvalue weighted by Crippen LogP contribution is 2.30. The smallest absolute Gasteiger partial charge is 0.340 e. The number of fused-ring (bicyclic) bond motifs is 3. The molecule has 3 aromatic heterocycles. The molecule has 4 rings (SSSR count). The fourth-order valence-electron chi connectivity index (χ4n) is 3.42. The number of nitrogens with zero attached hydrogens (tertiary/aromatic N) is 3. The highest BCUT2D eigenvalue weighted by atomic mass is 16.5. The second-order valence-corrected chi connectivity index (χ2v) is 6.65. The lowest BCUT2D eigenvalue weighted by Crippen LogP contribution is -2.07. The third-order valence-corrected chi connectivity index (χ3v) is 4.77. The number of aromatic amines is 1. The fraction of sp³-hybridized carbons (Fsp3) is 0.238. The van der Waals surface area contributed by atoms with Crippen LogP contribution in [0.25, 0.3) is 22.1 Å². The number of carbonyl (C=O) groups excluding carboxylic acids is 1. The Morgan fingerprint density at radius 2 is 2.07 bits per heavy atom. The highest BCUT2D eigenvalue weighted by molar-refractivity contribution is 6.06. The van der Waals surface area contributed by atoms with Crippen molar-refractivity contribution in [1.29, 1.82) is 0 Å². The number of para-hydroxylation sites is 1. The van der Waals surface area contributed by atoms with Crippen LogP contribution in [0.4, 0.5) is 5.82 Å². The minimum absolute atomic E-state index is 0.327. The van der Waals surface area contributed by atoms with Crippen molar-refractivity contribution in [3.05, 3.63) is 53.1 Å². The van der Waals surface area contributed by atoms with E-state index in [-0.39, 0.29) is 5.97 Å². The normalized spacial score (nSPS) is 11.9. The molecule has 0 saturated carbocycles. The Kier molecular flexibility index (Phi) is 4.75. The summed E-state index contributed by atoms with van der Waals surface area (Å²) in [5, 5.41) is 5.36. The van der Waals surface area contributed by atoms with Crippen molar-refractivity contribution >= 4 is 39.6 Å². The highest BCUT2D eigenvalue weighted by Gasteiger charge is 2.20. The Bertz CT molecular complexity index is 1250. The maximum atomic E-state index is 12.2. The molecule has 148 valence electrons. The molecule has 0 fully saturated rings. The number of ether oxygens (including phenoxy) is 1. The fourth-order valence-corrected chi connectivity index (χ4v) is 3.42. The average Bonchev–Trinajstić information content (AvgIpc) is 3.23. The van der Waals surface area contributed by atoms with Gasteiger partial charge in [-0.05, 0) is 45.4 Å². The lowest BCUT2D eigenvalue weighted by Gasteiger charge is -2.04. The first-order chi connectivity index (χ1) is 14.0. The van der Waals surface area contributed by atoms with Crippen molar-refractivity contribution in [2.24, 2.45) is 5.10 Å². The Hall–Kier alpha value is -3.68. The molecule has 0 spiro atoms. The van der Waals surface area contributed by atoms with Crippen molar-refractivity contribution in [1.82, 2.24) is 15.0 Å². The molecule has 0 aliphatic heterocycles. The molecule has 0 aliphatic carbocycles. The Balaban J connectivity index is 1.68. The van der Waals surface area contributed by atoms with Gasteiger partial charge in [0.05, 0.1) is 23.6 Å². The molecule has 0 atom stereocenters. The minimum atomic E-state index is -0.342. The van der Waals surface area contributed by atoms with Crippen molar-refractivity contribution in [3.8, 4) is 0 Å². The van der Waals surface area contributed by atoms with E-state index in [1.807, 2.05) is 45.0 Å². The van der Waals surface area contributed by atoms with E-state index >= 15 is 0 Å². The van der Waals surface area contributed by atoms with Gasteiger partial charge < -0.3 is 14.1 Å². The molecule has 0 amide bonds. The van der Waals surface area contributed by atoms with Crippen LogP contribution >= 0.6 is 0 Å². The predicted molar refractivity (Wildman–Crippen MR) is 111 cm³/mol. The maximum absolute atomic E-state index is 12.2. The zero-order valence-electron chi connectivity index (χ0n) is 16.7. The number of H-pyrrole nitrogens is 1. The zero-order valence-corrected chi connectivity index (χ0v) is 16.7. The summed E-state index contributed by atoms with van der Waals surface area (Å²) in [7, 11) is 0. The summed E-state index contributed by atoms with van der Waals surface area (Å²) < 4.78 is 11.0. The van der Waals surface area contributed by atoms with E-state index in [2.05, 4.69) is 25.5 Å². The van der Waals surface area contributed by atoms with Crippen molar-refractivity contribution < 1.29 is 13.9 Å². The third kappa shape index (κ3) is 3.22. The summed E-state index contributed by atoms with van der Waals surface area (Å²) in [6.45, 7) is 7.66. The van der Waals surface area contributed by atoms with Crippen LogP contribution in [0.3, 0.4) is 0 Å². The number of esters is 1. The standard InChI is InChI=1S/C21H21N5O3/c1-5-28-21(27)16-11(2)17(24-12(16)3)13(4)25-26-20-19-18(22-10-23-20)14-8-6-7-9-15(14)29-19/h6-10,24H,5H2,1-4H3,(H,22,23,26)/b25-13+. The minimum Gasteiger partial charge on any atom is -0.462 e. The quantitative estimate of drug-likeness (QED) is 0.298. The second-order valence-electron chi connectivity index (χ2n) is 6.65. The Morgan fingerprint density at radius 3 is 2.86 bits per heavy atom. The lowest BCUT2D eigenvalue weighted by molar-refractivity contribution is 0.0525. The van der Waals surface area contributed by atoms with E-state index in [1.165, 1.54) is 6.33 Å². The average molecular weight is 391 g/mol. The molecule has 0 radical (unpaired) electrons. The molecule has 1 aromatic carbocycles. The van der Waals surface area contributed by atoms with E-state index in [4.69, 9.17) is 9.15 Å². The van der Waals surface area contributed by atoms with Gasteiger partial charge in [-0.15, -0.1) is 0 Å². The largest absolute Gasteiger partial charge is 0.462 e. The predicted octanol–water partition coefficient (Wildman–Crippen LogP) is 4.33. The number of hydrogen-bond acceptors (Lipinski definition) is 7. The third-order valence-electron chi connectivity index (χ3n) is 4.77. The number of furan rings is 1. The number of hydrogen-bond donors (Lipinski definition) is 2. The van der Waals surface area contributed by atoms with Crippen LogP contribution in [0.5, 0.6) is 0 Å². The summed E-state index contributed by atoms with van der Waals surface area (Å²) in [5.74, 6) is 0.127. The van der Waals surface area contributed by atoms with Crippen molar-refractivity contribution in [2.75, 3.05) is 12.0 Å². The van der Waals surface area contributed by atoms with Crippen LogP contribution in [0.15, 0.2) is 40.1 Å². The molecular weight excluding hydrogens is 370 g/mol. The van der Waals surface area contributed by atoms with Crippen LogP contribution in [-0.4, -0.2) is 33.2 Å². The van der Waals surface area contributed by atoms with Gasteiger partial charge in [0.1, 0.15) is 17.4 Å². The summed E-state index contributed by atoms with van der Waals surface area (Å²) >= 11 is 0. The second kappa shape index (κ2) is 7.38. The zero-order chi connectivity index (χ0) is 20.5. The van der Waals surface area contributed by atoms with Gasteiger partial charge in [-0.25, -0.2) is 14.8 Å². The van der Waals surface area contributed by atoms with Gasteiger partial charge in [-0.2, -0.15) is 5.10 Å². The lowest BCUT2D eigenvalue weighted by atomic mass is 10.1. The van der Waals surface area contributed by atoms with E-state index < -0.39 is 0 Å². The molecule has 0 saturated heterocycles. The monoisotopic (exact) mass is 391 g/mol. The number of aromatic nitrogens is 3. The van der Waals surface area contributed by atoms with E-state index in [0.29, 0.717) is 29.3 Å². The first-order valence-corrected chi connectivity index (χ1v) is 9.30. The van der Waals surface area contributed by atoms with E-state index in [9.17, 15) is 4.79 Å². The van der Waals surface area contributed by atoms with Crippen molar-refractivity contribution in [3.63, 3.8) is 0 Å². The number of anilines is 1. The van der Waals surface area contributed by atoms with Gasteiger partial charge in [0.25, 0.3) is 0 Å². The Morgan fingerprint density at radius 1 is 1.28 bits per heavy atom. The molecule has 0 unspecified atom stereocenters. The summed E-state index contributed by atoms with van der Waals surface area (Å²) in [6, 6.07) is 7.68. The van der Waals surface area contributed by atoms with Gasteiger partial charge in [0, 0.05) is 11.1 Å². The molecule has 8 heteroatoms. The topological polar surface area (TPSA) is 105 Å². The van der Waals surface area contributed by atoms with Gasteiger partial charge >= 0.3 is 5.97 Å². The first-order valence-electron chi connectivity index (χ1n) is 9.30. The van der Waals surface area contributed by atoms with Crippen LogP contribution in [-0.2, 0) is 4.74 Å². The maximum Gasteiger partial charge on any atom is 0.340 e. The number of nitrogens with one attached hydrogen (secondary N) is 2. The van der Waals surface area contributed by atoms with Crippen LogP contribution < -0.4 is 5.43 Å². The summed E-state index contributed by atoms with van der Waals surface area (Å²) in [6.07, 6.45) is 1.47. The molecule has 0 aliphatic rings. The Labute approximate surface area is 167 Å². The van der Waals surface area contributed by atoms with Gasteiger partial charge in [-0.1, -0.05) is 12.1 Å². The SMILES string of the molecule is CCOC(=O)c1c(C)[nH]c(/C(C)=N/Nc2ncnc3c2oc2ccccc23)c1C. The number of aryl methyl sites for hydroxylation is 1. The molecule has 29 heavy (non-hydrogen) atoms. The summed E-state index contributed by atoms with van der Waals surface area (Å²) in [5.41, 5.74) is 8.47. The van der Waals surface area contributed by atoms with E-state index in [0.717, 1.165) is 33.4 Å². The molecule has 8 nitrogen and oxygen atoms in total. The van der Waals surface area contributed by atoms with Crippen LogP contribution in [0.2, 0.25) is 0 Å². The number of hydrazone groups is 1. The van der Waals surface area contributed by atoms with Crippen LogP contribution in [0, 0.1) is 13.8 Å².